The van der Waals surface area contributed by atoms with Gasteiger partial charge in [-0.15, -0.1) is 0 Å². The van der Waals surface area contributed by atoms with Crippen molar-refractivity contribution < 1.29 is 14.3 Å². The van der Waals surface area contributed by atoms with E-state index in [2.05, 4.69) is 10.1 Å². The molecule has 1 saturated heterocycles. The molecule has 0 aliphatic carbocycles. The van der Waals surface area contributed by atoms with Crippen LogP contribution in [0.2, 0.25) is 0 Å². The van der Waals surface area contributed by atoms with E-state index in [-0.39, 0.29) is 11.9 Å². The summed E-state index contributed by atoms with van der Waals surface area (Å²) in [6, 6.07) is 6.12. The molecule has 126 valence electrons. The number of benzene rings is 1. The van der Waals surface area contributed by atoms with Gasteiger partial charge in [0.05, 0.1) is 12.6 Å². The fourth-order valence-electron chi connectivity index (χ4n) is 3.38. The van der Waals surface area contributed by atoms with Crippen LogP contribution in [-0.4, -0.2) is 45.3 Å². The van der Waals surface area contributed by atoms with Crippen molar-refractivity contribution in [3.8, 4) is 11.5 Å². The molecule has 1 unspecified atom stereocenters. The van der Waals surface area contributed by atoms with E-state index in [1.165, 1.54) is 6.33 Å². The molecule has 0 bridgehead atoms. The number of aryl methyl sites for hydroxylation is 1. The molecule has 24 heavy (non-hydrogen) atoms. The Morgan fingerprint density at radius 2 is 2.12 bits per heavy atom. The van der Waals surface area contributed by atoms with Gasteiger partial charge in [-0.2, -0.15) is 5.10 Å². The van der Waals surface area contributed by atoms with Crippen LogP contribution in [0.4, 0.5) is 0 Å². The molecule has 0 saturated carbocycles. The highest BCUT2D eigenvalue weighted by atomic mass is 16.6. The third kappa shape index (κ3) is 2.93. The van der Waals surface area contributed by atoms with Gasteiger partial charge in [0.25, 0.3) is 0 Å². The first-order chi connectivity index (χ1) is 11.8. The van der Waals surface area contributed by atoms with Crippen molar-refractivity contribution in [1.29, 1.82) is 0 Å². The molecule has 1 fully saturated rings. The molecule has 1 aromatic heterocycles. The molecule has 7 heteroatoms. The summed E-state index contributed by atoms with van der Waals surface area (Å²) in [6.07, 6.45) is 5.56. The second kappa shape index (κ2) is 6.51. The van der Waals surface area contributed by atoms with E-state index in [4.69, 9.17) is 9.47 Å². The number of carbonyl (C=O) groups is 1. The number of carbonyl (C=O) groups excluding carboxylic acids is 1. The van der Waals surface area contributed by atoms with Crippen molar-refractivity contribution in [3.05, 3.63) is 36.4 Å². The Bertz CT molecular complexity index is 717. The maximum atomic E-state index is 12.6. The Balaban J connectivity index is 1.47. The van der Waals surface area contributed by atoms with E-state index in [1.54, 1.807) is 11.0 Å². The molecule has 3 heterocycles. The summed E-state index contributed by atoms with van der Waals surface area (Å²) in [4.78, 5) is 18.5. The van der Waals surface area contributed by atoms with Crippen LogP contribution in [0.15, 0.2) is 30.9 Å². The third-order valence-electron chi connectivity index (χ3n) is 4.55. The molecule has 0 radical (unpaired) electrons. The standard InChI is InChI=1S/C17H20N4O3/c22-17(5-7-20-12-18-11-19-20)21-6-1-2-14(21)13-3-4-15-16(10-13)24-9-8-23-15/h3-4,10-12,14H,1-2,5-9H2. The summed E-state index contributed by atoms with van der Waals surface area (Å²) in [5.41, 5.74) is 1.12. The van der Waals surface area contributed by atoms with Crippen LogP contribution in [0.25, 0.3) is 0 Å². The van der Waals surface area contributed by atoms with Crippen LogP contribution in [0.3, 0.4) is 0 Å². The molecule has 0 N–H and O–H groups in total. The topological polar surface area (TPSA) is 69.5 Å². The van der Waals surface area contributed by atoms with E-state index in [0.717, 1.165) is 36.4 Å². The maximum absolute atomic E-state index is 12.6. The Kier molecular flexibility index (Phi) is 4.06. The highest BCUT2D eigenvalue weighted by Crippen LogP contribution is 2.38. The number of amides is 1. The van der Waals surface area contributed by atoms with Gasteiger partial charge < -0.3 is 14.4 Å². The SMILES string of the molecule is O=C(CCn1cncn1)N1CCCC1c1ccc2c(c1)OCCO2. The quantitative estimate of drug-likeness (QED) is 0.856. The van der Waals surface area contributed by atoms with E-state index in [9.17, 15) is 4.79 Å². The first-order valence-corrected chi connectivity index (χ1v) is 8.33. The normalized spacial score (nSPS) is 19.5. The monoisotopic (exact) mass is 328 g/mol. The molecular formula is C17H20N4O3. The van der Waals surface area contributed by atoms with Gasteiger partial charge in [-0.1, -0.05) is 6.07 Å². The van der Waals surface area contributed by atoms with Crippen LogP contribution in [0, 0.1) is 0 Å². The summed E-state index contributed by atoms with van der Waals surface area (Å²) >= 11 is 0. The van der Waals surface area contributed by atoms with Gasteiger partial charge in [-0.05, 0) is 30.5 Å². The average molecular weight is 328 g/mol. The largest absolute Gasteiger partial charge is 0.486 e. The molecule has 2 aliphatic heterocycles. The lowest BCUT2D eigenvalue weighted by Gasteiger charge is -2.26. The Morgan fingerprint density at radius 3 is 2.96 bits per heavy atom. The lowest BCUT2D eigenvalue weighted by atomic mass is 10.0. The zero-order chi connectivity index (χ0) is 16.4. The van der Waals surface area contributed by atoms with Crippen molar-refractivity contribution in [2.45, 2.75) is 31.8 Å². The number of hydrogen-bond donors (Lipinski definition) is 0. The van der Waals surface area contributed by atoms with Gasteiger partial charge in [-0.3, -0.25) is 9.48 Å². The van der Waals surface area contributed by atoms with E-state index in [0.29, 0.717) is 26.2 Å². The number of ether oxygens (including phenoxy) is 2. The third-order valence-corrected chi connectivity index (χ3v) is 4.55. The predicted octanol–water partition coefficient (Wildman–Crippen LogP) is 1.80. The van der Waals surface area contributed by atoms with Crippen LogP contribution in [-0.2, 0) is 11.3 Å². The highest BCUT2D eigenvalue weighted by molar-refractivity contribution is 5.77. The van der Waals surface area contributed by atoms with E-state index >= 15 is 0 Å². The summed E-state index contributed by atoms with van der Waals surface area (Å²) in [5, 5.41) is 4.04. The number of nitrogens with zero attached hydrogens (tertiary/aromatic N) is 4. The van der Waals surface area contributed by atoms with Crippen LogP contribution in [0.1, 0.15) is 30.9 Å². The summed E-state index contributed by atoms with van der Waals surface area (Å²) < 4.78 is 12.9. The molecule has 0 spiro atoms. The predicted molar refractivity (Wildman–Crippen MR) is 85.8 cm³/mol. The number of fused-ring (bicyclic) bond motifs is 1. The lowest BCUT2D eigenvalue weighted by molar-refractivity contribution is -0.132. The summed E-state index contributed by atoms with van der Waals surface area (Å²) in [7, 11) is 0. The van der Waals surface area contributed by atoms with Gasteiger partial charge in [0.15, 0.2) is 11.5 Å². The highest BCUT2D eigenvalue weighted by Gasteiger charge is 2.30. The lowest BCUT2D eigenvalue weighted by Crippen LogP contribution is -2.31. The fourth-order valence-corrected chi connectivity index (χ4v) is 3.38. The van der Waals surface area contributed by atoms with E-state index < -0.39 is 0 Å². The minimum Gasteiger partial charge on any atom is -0.486 e. The second-order valence-corrected chi connectivity index (χ2v) is 6.06. The minimum absolute atomic E-state index is 0.115. The number of hydrogen-bond acceptors (Lipinski definition) is 5. The van der Waals surface area contributed by atoms with Gasteiger partial charge in [-0.25, -0.2) is 4.98 Å². The Hall–Kier alpha value is -2.57. The average Bonchev–Trinajstić information content (AvgIpc) is 3.31. The first kappa shape index (κ1) is 15.0. The number of aromatic nitrogens is 3. The molecule has 4 rings (SSSR count). The summed E-state index contributed by atoms with van der Waals surface area (Å²) in [6.45, 7) is 2.52. The molecule has 2 aliphatic rings. The van der Waals surface area contributed by atoms with Crippen LogP contribution in [0.5, 0.6) is 11.5 Å². The molecular weight excluding hydrogens is 308 g/mol. The zero-order valence-corrected chi connectivity index (χ0v) is 13.4. The van der Waals surface area contributed by atoms with Crippen molar-refractivity contribution in [2.75, 3.05) is 19.8 Å². The van der Waals surface area contributed by atoms with Crippen LogP contribution < -0.4 is 9.47 Å². The maximum Gasteiger partial charge on any atom is 0.224 e. The van der Waals surface area contributed by atoms with E-state index in [1.807, 2.05) is 23.1 Å². The zero-order valence-electron chi connectivity index (χ0n) is 13.4. The van der Waals surface area contributed by atoms with Crippen molar-refractivity contribution in [2.24, 2.45) is 0 Å². The number of rotatable bonds is 4. The fraction of sp³-hybridized carbons (Fsp3) is 0.471. The van der Waals surface area contributed by atoms with Crippen molar-refractivity contribution in [3.63, 3.8) is 0 Å². The molecule has 1 aromatic carbocycles. The minimum atomic E-state index is 0.115. The second-order valence-electron chi connectivity index (χ2n) is 6.06. The Morgan fingerprint density at radius 1 is 1.25 bits per heavy atom. The first-order valence-electron chi connectivity index (χ1n) is 8.33. The van der Waals surface area contributed by atoms with Gasteiger partial charge in [0.1, 0.15) is 25.9 Å². The van der Waals surface area contributed by atoms with Gasteiger partial charge in [0, 0.05) is 13.0 Å². The van der Waals surface area contributed by atoms with Gasteiger partial charge in [0.2, 0.25) is 5.91 Å². The van der Waals surface area contributed by atoms with Crippen LogP contribution >= 0.6 is 0 Å². The molecule has 2 aromatic rings. The Labute approximate surface area is 140 Å². The van der Waals surface area contributed by atoms with Gasteiger partial charge >= 0.3 is 0 Å². The van der Waals surface area contributed by atoms with Crippen molar-refractivity contribution in [1.82, 2.24) is 19.7 Å². The molecule has 1 amide bonds. The summed E-state index contributed by atoms with van der Waals surface area (Å²) in [5.74, 6) is 1.72. The molecule has 7 nitrogen and oxygen atoms in total. The molecule has 1 atom stereocenters. The van der Waals surface area contributed by atoms with Crippen molar-refractivity contribution >= 4 is 5.91 Å². The smallest absolute Gasteiger partial charge is 0.224 e. The number of likely N-dealkylation sites (tertiary alicyclic amines) is 1.